The summed E-state index contributed by atoms with van der Waals surface area (Å²) < 4.78 is 33.3. The Morgan fingerprint density at radius 2 is 1.87 bits per heavy atom. The molecule has 1 aromatic carbocycles. The summed E-state index contributed by atoms with van der Waals surface area (Å²) in [5.41, 5.74) is 5.02. The highest BCUT2D eigenvalue weighted by atomic mass is 79.9. The summed E-state index contributed by atoms with van der Waals surface area (Å²) in [6.45, 7) is -1.87. The van der Waals surface area contributed by atoms with Gasteiger partial charge in [-0.15, -0.1) is 17.0 Å². The molecule has 0 amide bonds. The van der Waals surface area contributed by atoms with Gasteiger partial charge in [-0.2, -0.15) is 0 Å². The molecule has 4 unspecified atom stereocenters. The lowest BCUT2D eigenvalue weighted by atomic mass is 9.89. The molecule has 23 heavy (non-hydrogen) atoms. The lowest BCUT2D eigenvalue weighted by molar-refractivity contribution is 0.611. The van der Waals surface area contributed by atoms with E-state index in [1.165, 1.54) is 0 Å². The highest BCUT2D eigenvalue weighted by Gasteiger charge is 2.23. The molecule has 0 radical (unpaired) electrons. The van der Waals surface area contributed by atoms with Crippen LogP contribution in [0, 0.1) is 0 Å². The molecule has 1 aliphatic heterocycles. The molecular formula is C19H20BrClN2. The molecule has 1 fully saturated rings. The summed E-state index contributed by atoms with van der Waals surface area (Å²) in [7, 11) is 0. The number of aryl methyl sites for hydroxylation is 2. The second-order valence-electron chi connectivity index (χ2n) is 5.48. The molecule has 1 aliphatic carbocycles. The van der Waals surface area contributed by atoms with Crippen molar-refractivity contribution >= 4 is 34.2 Å². The highest BCUT2D eigenvalue weighted by Crippen LogP contribution is 2.37. The van der Waals surface area contributed by atoms with Crippen molar-refractivity contribution in [3.63, 3.8) is 0 Å². The average Bonchev–Trinajstić information content (AvgIpc) is 2.78. The second-order valence-corrected chi connectivity index (χ2v) is 5.91. The first-order valence-corrected chi connectivity index (χ1v) is 7.77. The molecule has 1 saturated heterocycles. The van der Waals surface area contributed by atoms with Gasteiger partial charge in [-0.3, -0.25) is 4.98 Å². The first-order chi connectivity index (χ1) is 12.5. The lowest BCUT2D eigenvalue weighted by Gasteiger charge is -2.21. The van der Waals surface area contributed by atoms with Crippen LogP contribution in [-0.4, -0.2) is 18.0 Å². The fourth-order valence-electron chi connectivity index (χ4n) is 3.12. The van der Waals surface area contributed by atoms with Crippen LogP contribution in [0.5, 0.6) is 0 Å². The first kappa shape index (κ1) is 12.2. The number of pyridine rings is 1. The van der Waals surface area contributed by atoms with E-state index in [9.17, 15) is 0 Å². The van der Waals surface area contributed by atoms with E-state index >= 15 is 0 Å². The zero-order valence-corrected chi connectivity index (χ0v) is 14.9. The molecule has 1 N–H and O–H groups in total. The van der Waals surface area contributed by atoms with Crippen LogP contribution in [-0.2, 0) is 12.8 Å². The molecule has 1 aromatic heterocycles. The first-order valence-electron chi connectivity index (χ1n) is 9.70. The Hall–Kier alpha value is -1.16. The van der Waals surface area contributed by atoms with Crippen molar-refractivity contribution in [2.75, 3.05) is 13.0 Å². The minimum absolute atomic E-state index is 0. The van der Waals surface area contributed by atoms with Crippen molar-refractivity contribution in [2.24, 2.45) is 0 Å². The molecule has 0 saturated carbocycles. The monoisotopic (exact) mass is 394 g/mol. The van der Waals surface area contributed by atoms with Gasteiger partial charge in [0, 0.05) is 22.3 Å². The van der Waals surface area contributed by atoms with Crippen LogP contribution in [0.4, 0.5) is 0 Å². The lowest BCUT2D eigenvalue weighted by Crippen LogP contribution is -2.24. The van der Waals surface area contributed by atoms with Crippen molar-refractivity contribution in [3.8, 4) is 0 Å². The van der Waals surface area contributed by atoms with E-state index in [2.05, 4.69) is 10.3 Å². The topological polar surface area (TPSA) is 24.9 Å². The van der Waals surface area contributed by atoms with Gasteiger partial charge in [0.2, 0.25) is 0 Å². The zero-order valence-electron chi connectivity index (χ0n) is 16.4. The molecule has 2 heterocycles. The Kier molecular flexibility index (Phi) is 3.81. The van der Waals surface area contributed by atoms with Crippen LogP contribution in [0.2, 0.25) is 5.02 Å². The Bertz CT molecular complexity index is 876. The third-order valence-electron chi connectivity index (χ3n) is 4.14. The predicted molar refractivity (Wildman–Crippen MR) is 102 cm³/mol. The van der Waals surface area contributed by atoms with Crippen LogP contribution in [0.3, 0.4) is 0 Å². The smallest absolute Gasteiger partial charge is 0.0739 e. The number of hydrogen-bond donors (Lipinski definition) is 1. The van der Waals surface area contributed by atoms with E-state index in [0.29, 0.717) is 10.6 Å². The quantitative estimate of drug-likeness (QED) is 0.705. The Morgan fingerprint density at radius 3 is 2.70 bits per heavy atom. The summed E-state index contributed by atoms with van der Waals surface area (Å²) in [4.78, 5) is 4.58. The molecule has 2 aromatic rings. The maximum absolute atomic E-state index is 8.52. The highest BCUT2D eigenvalue weighted by molar-refractivity contribution is 8.93. The van der Waals surface area contributed by atoms with Crippen LogP contribution < -0.4 is 5.32 Å². The van der Waals surface area contributed by atoms with E-state index in [4.69, 9.17) is 17.1 Å². The van der Waals surface area contributed by atoms with Crippen molar-refractivity contribution in [1.82, 2.24) is 10.3 Å². The molecule has 2 aliphatic rings. The summed E-state index contributed by atoms with van der Waals surface area (Å²) in [6, 6.07) is 9.57. The molecule has 4 heteroatoms. The number of fused-ring (bicyclic) bond motifs is 2. The summed E-state index contributed by atoms with van der Waals surface area (Å²) >= 11 is 6.20. The molecule has 4 atom stereocenters. The number of aromatic nitrogens is 1. The number of nitrogens with zero attached hydrogens (tertiary/aromatic N) is 1. The van der Waals surface area contributed by atoms with Crippen LogP contribution in [0.1, 0.15) is 40.7 Å². The van der Waals surface area contributed by atoms with Crippen LogP contribution >= 0.6 is 28.6 Å². The van der Waals surface area contributed by atoms with Gasteiger partial charge in [-0.25, -0.2) is 0 Å². The van der Waals surface area contributed by atoms with E-state index in [1.807, 2.05) is 30.3 Å². The Balaban J connectivity index is 0.00000210. The summed E-state index contributed by atoms with van der Waals surface area (Å²) in [5.74, 6) is 0. The fraction of sp³-hybridized carbons (Fsp3) is 0.316. The molecule has 120 valence electrons. The molecule has 4 rings (SSSR count). The largest absolute Gasteiger partial charge is 0.316 e. The number of benzene rings is 1. The number of rotatable bonds is 0. The van der Waals surface area contributed by atoms with Gasteiger partial charge in [0.15, 0.2) is 0 Å². The minimum Gasteiger partial charge on any atom is -0.316 e. The molecule has 2 nitrogen and oxygen atoms in total. The SMILES string of the molecule is Br.[2H]C1NC([2H])C([2H])C(=C2c3ccc(Cl)cc3CCc3cccnc32)C1[2H]. The van der Waals surface area contributed by atoms with Crippen molar-refractivity contribution in [1.29, 1.82) is 0 Å². The average molecular weight is 396 g/mol. The van der Waals surface area contributed by atoms with E-state index in [0.717, 1.165) is 40.8 Å². The van der Waals surface area contributed by atoms with Gasteiger partial charge in [-0.05, 0) is 73.6 Å². The summed E-state index contributed by atoms with van der Waals surface area (Å²) in [6.07, 6.45) is 1.46. The van der Waals surface area contributed by atoms with Gasteiger partial charge in [0.1, 0.15) is 0 Å². The van der Waals surface area contributed by atoms with Crippen LogP contribution in [0.25, 0.3) is 5.57 Å². The second kappa shape index (κ2) is 7.16. The Morgan fingerprint density at radius 1 is 1.09 bits per heavy atom. The number of nitrogens with one attached hydrogen (secondary N) is 1. The minimum atomic E-state index is -0.937. The fourth-order valence-corrected chi connectivity index (χ4v) is 3.32. The van der Waals surface area contributed by atoms with Gasteiger partial charge in [0.05, 0.1) is 5.69 Å². The maximum atomic E-state index is 8.52. The van der Waals surface area contributed by atoms with Gasteiger partial charge in [-0.1, -0.05) is 29.3 Å². The van der Waals surface area contributed by atoms with Crippen molar-refractivity contribution in [2.45, 2.75) is 25.6 Å². The molecular weight excluding hydrogens is 372 g/mol. The van der Waals surface area contributed by atoms with Gasteiger partial charge < -0.3 is 5.32 Å². The van der Waals surface area contributed by atoms with Gasteiger partial charge in [0.25, 0.3) is 0 Å². The number of piperidine rings is 1. The zero-order chi connectivity index (χ0) is 18.4. The standard InChI is InChI=1S/C19H19ClN2.BrH/c20-16-5-6-17-15(12-16)4-3-14-2-1-9-22-19(14)18(17)13-7-10-21-11-8-13;/h1-2,5-6,9,12,21H,3-4,7-8,10-11H2;1H/i7D,8D,10D,11D;. The predicted octanol–water partition coefficient (Wildman–Crippen LogP) is 4.60. The van der Waals surface area contributed by atoms with Crippen LogP contribution in [0.15, 0.2) is 42.1 Å². The Labute approximate surface area is 158 Å². The van der Waals surface area contributed by atoms with Crippen molar-refractivity contribution < 1.29 is 5.48 Å². The normalized spacial score (nSPS) is 32.2. The summed E-state index contributed by atoms with van der Waals surface area (Å²) in [5, 5.41) is 3.35. The van der Waals surface area contributed by atoms with E-state index < -0.39 is 25.8 Å². The van der Waals surface area contributed by atoms with E-state index in [-0.39, 0.29) is 17.0 Å². The molecule has 0 bridgehead atoms. The molecule has 0 spiro atoms. The third kappa shape index (κ3) is 3.23. The number of halogens is 2. The van der Waals surface area contributed by atoms with Crippen molar-refractivity contribution in [3.05, 3.63) is 69.5 Å². The third-order valence-corrected chi connectivity index (χ3v) is 4.37. The van der Waals surface area contributed by atoms with Gasteiger partial charge >= 0.3 is 0 Å². The number of hydrogen-bond acceptors (Lipinski definition) is 2. The van der Waals surface area contributed by atoms with E-state index in [1.54, 1.807) is 6.20 Å². The maximum Gasteiger partial charge on any atom is 0.0739 e.